The van der Waals surface area contributed by atoms with Crippen LogP contribution >= 0.6 is 0 Å². The third kappa shape index (κ3) is 4.63. The van der Waals surface area contributed by atoms with E-state index in [0.29, 0.717) is 22.6 Å². The van der Waals surface area contributed by atoms with Gasteiger partial charge in [0.1, 0.15) is 5.75 Å². The lowest BCUT2D eigenvalue weighted by Gasteiger charge is -2.15. The number of carbonyl (C=O) groups excluding carboxylic acids is 2. The van der Waals surface area contributed by atoms with E-state index in [2.05, 4.69) is 10.6 Å². The Morgan fingerprint density at radius 3 is 2.19 bits per heavy atom. The van der Waals surface area contributed by atoms with Gasteiger partial charge in [0.15, 0.2) is 6.04 Å². The first kappa shape index (κ1) is 18.4. The second kappa shape index (κ2) is 7.90. The first-order chi connectivity index (χ1) is 13.0. The molecule has 0 radical (unpaired) electrons. The van der Waals surface area contributed by atoms with E-state index in [9.17, 15) is 19.5 Å². The molecule has 27 heavy (non-hydrogen) atoms. The van der Waals surface area contributed by atoms with Gasteiger partial charge >= 0.3 is 5.97 Å². The number of amides is 2. The van der Waals surface area contributed by atoms with E-state index in [1.165, 1.54) is 7.11 Å². The summed E-state index contributed by atoms with van der Waals surface area (Å²) >= 11 is 0. The van der Waals surface area contributed by atoms with Crippen LogP contribution in [-0.2, 0) is 9.59 Å². The molecular formula is C20H20N2O5. The zero-order chi connectivity index (χ0) is 19.4. The highest BCUT2D eigenvalue weighted by atomic mass is 16.5. The van der Waals surface area contributed by atoms with Gasteiger partial charge in [-0.05, 0) is 54.8 Å². The molecule has 0 spiro atoms. The molecule has 1 saturated carbocycles. The number of methoxy groups -OCH3 is 1. The fraction of sp³-hybridized carbons (Fsp3) is 0.250. The van der Waals surface area contributed by atoms with Crippen molar-refractivity contribution in [3.05, 3.63) is 59.7 Å². The molecule has 1 unspecified atom stereocenters. The second-order valence-electron chi connectivity index (χ2n) is 6.36. The van der Waals surface area contributed by atoms with E-state index in [4.69, 9.17) is 4.74 Å². The summed E-state index contributed by atoms with van der Waals surface area (Å²) in [4.78, 5) is 35.7. The fourth-order valence-corrected chi connectivity index (χ4v) is 2.59. The monoisotopic (exact) mass is 368 g/mol. The molecule has 1 aliphatic rings. The molecule has 0 aromatic heterocycles. The Morgan fingerprint density at radius 1 is 1.04 bits per heavy atom. The van der Waals surface area contributed by atoms with Crippen molar-refractivity contribution in [2.75, 3.05) is 12.4 Å². The Labute approximate surface area is 156 Å². The summed E-state index contributed by atoms with van der Waals surface area (Å²) in [5.74, 6) is -1.01. The van der Waals surface area contributed by atoms with Crippen molar-refractivity contribution in [1.82, 2.24) is 5.32 Å². The van der Waals surface area contributed by atoms with Gasteiger partial charge in [0.05, 0.1) is 7.11 Å². The maximum absolute atomic E-state index is 12.4. The minimum atomic E-state index is -1.18. The zero-order valence-electron chi connectivity index (χ0n) is 14.8. The number of carboxylic acid groups (broad SMARTS) is 1. The lowest BCUT2D eigenvalue weighted by molar-refractivity contribution is -0.139. The molecule has 0 saturated heterocycles. The van der Waals surface area contributed by atoms with Crippen LogP contribution in [0.1, 0.15) is 34.8 Å². The number of ether oxygens (including phenoxy) is 1. The van der Waals surface area contributed by atoms with Gasteiger partial charge in [0.2, 0.25) is 5.91 Å². The van der Waals surface area contributed by atoms with Gasteiger partial charge in [-0.1, -0.05) is 12.1 Å². The molecule has 7 nitrogen and oxygen atoms in total. The number of anilines is 1. The lowest BCUT2D eigenvalue weighted by atomic mass is 10.1. The van der Waals surface area contributed by atoms with Gasteiger partial charge in [-0.3, -0.25) is 9.59 Å². The third-order valence-electron chi connectivity index (χ3n) is 4.33. The lowest BCUT2D eigenvalue weighted by Crippen LogP contribution is -2.33. The summed E-state index contributed by atoms with van der Waals surface area (Å²) in [6.45, 7) is 0. The quantitative estimate of drug-likeness (QED) is 0.697. The van der Waals surface area contributed by atoms with E-state index < -0.39 is 17.9 Å². The summed E-state index contributed by atoms with van der Waals surface area (Å²) in [7, 11) is 1.52. The minimum absolute atomic E-state index is 0.0161. The minimum Gasteiger partial charge on any atom is -0.497 e. The molecule has 3 rings (SSSR count). The Kier molecular flexibility index (Phi) is 5.40. The molecule has 0 aliphatic heterocycles. The summed E-state index contributed by atoms with van der Waals surface area (Å²) in [6, 6.07) is 11.6. The number of carbonyl (C=O) groups is 3. The second-order valence-corrected chi connectivity index (χ2v) is 6.36. The molecule has 1 fully saturated rings. The van der Waals surface area contributed by atoms with E-state index in [1.807, 2.05) is 0 Å². The molecule has 2 aromatic rings. The largest absolute Gasteiger partial charge is 0.497 e. The van der Waals surface area contributed by atoms with Gasteiger partial charge in [-0.25, -0.2) is 4.79 Å². The van der Waals surface area contributed by atoms with E-state index in [-0.39, 0.29) is 11.8 Å². The number of benzene rings is 2. The number of hydrogen-bond donors (Lipinski definition) is 3. The summed E-state index contributed by atoms with van der Waals surface area (Å²) in [6.07, 6.45) is 1.82. The molecular weight excluding hydrogens is 348 g/mol. The van der Waals surface area contributed by atoms with Gasteiger partial charge in [-0.15, -0.1) is 0 Å². The predicted molar refractivity (Wildman–Crippen MR) is 98.6 cm³/mol. The molecule has 7 heteroatoms. The maximum atomic E-state index is 12.4. The van der Waals surface area contributed by atoms with Gasteiger partial charge in [-0.2, -0.15) is 0 Å². The van der Waals surface area contributed by atoms with Crippen LogP contribution < -0.4 is 15.4 Å². The number of aliphatic carboxylic acids is 1. The topological polar surface area (TPSA) is 105 Å². The van der Waals surface area contributed by atoms with E-state index in [0.717, 1.165) is 12.8 Å². The van der Waals surface area contributed by atoms with Crippen LogP contribution in [0.5, 0.6) is 5.75 Å². The molecule has 1 aliphatic carbocycles. The van der Waals surface area contributed by atoms with Crippen LogP contribution in [0.3, 0.4) is 0 Å². The van der Waals surface area contributed by atoms with Gasteiger partial charge in [0.25, 0.3) is 5.91 Å². The first-order valence-corrected chi connectivity index (χ1v) is 8.56. The van der Waals surface area contributed by atoms with E-state index >= 15 is 0 Å². The smallest absolute Gasteiger partial charge is 0.330 e. The number of hydrogen-bond acceptors (Lipinski definition) is 4. The number of carboxylic acids is 1. The van der Waals surface area contributed by atoms with Gasteiger partial charge < -0.3 is 20.5 Å². The van der Waals surface area contributed by atoms with Crippen LogP contribution in [0.25, 0.3) is 0 Å². The Morgan fingerprint density at radius 2 is 1.67 bits per heavy atom. The Balaban J connectivity index is 1.67. The average Bonchev–Trinajstić information content (AvgIpc) is 3.52. The summed E-state index contributed by atoms with van der Waals surface area (Å²) in [5.41, 5.74) is 1.34. The van der Waals surface area contributed by atoms with Crippen LogP contribution in [0.15, 0.2) is 48.5 Å². The SMILES string of the molecule is COc1ccc(C(NC(=O)c2ccc(NC(=O)C3CC3)cc2)C(=O)O)cc1. The Bertz CT molecular complexity index is 842. The maximum Gasteiger partial charge on any atom is 0.330 e. The van der Waals surface area contributed by atoms with Crippen molar-refractivity contribution in [1.29, 1.82) is 0 Å². The standard InChI is InChI=1S/C20H20N2O5/c1-27-16-10-6-12(7-11-16)17(20(25)26)22-19(24)14-4-8-15(9-5-14)21-18(23)13-2-3-13/h4-11,13,17H,2-3H2,1H3,(H,21,23)(H,22,24)(H,25,26). The van der Waals surface area contributed by atoms with Crippen molar-refractivity contribution in [3.63, 3.8) is 0 Å². The third-order valence-corrected chi connectivity index (χ3v) is 4.33. The van der Waals surface area contributed by atoms with Crippen molar-refractivity contribution in [2.24, 2.45) is 5.92 Å². The van der Waals surface area contributed by atoms with Crippen molar-refractivity contribution >= 4 is 23.5 Å². The van der Waals surface area contributed by atoms with Crippen LogP contribution in [0, 0.1) is 5.92 Å². The summed E-state index contributed by atoms with van der Waals surface area (Å²) < 4.78 is 5.05. The highest BCUT2D eigenvalue weighted by Gasteiger charge is 2.29. The first-order valence-electron chi connectivity index (χ1n) is 8.56. The highest BCUT2D eigenvalue weighted by molar-refractivity contribution is 5.98. The van der Waals surface area contributed by atoms with E-state index in [1.54, 1.807) is 48.5 Å². The normalized spacial score (nSPS) is 14.1. The molecule has 1 atom stereocenters. The zero-order valence-corrected chi connectivity index (χ0v) is 14.8. The predicted octanol–water partition coefficient (Wildman–Crippen LogP) is 2.60. The molecule has 2 amide bonds. The van der Waals surface area contributed by atoms with Crippen LogP contribution in [0.2, 0.25) is 0 Å². The molecule has 0 heterocycles. The highest BCUT2D eigenvalue weighted by Crippen LogP contribution is 2.30. The van der Waals surface area contributed by atoms with Crippen LogP contribution in [0.4, 0.5) is 5.69 Å². The van der Waals surface area contributed by atoms with Crippen LogP contribution in [-0.4, -0.2) is 30.0 Å². The fourth-order valence-electron chi connectivity index (χ4n) is 2.59. The number of nitrogens with one attached hydrogen (secondary N) is 2. The Hall–Kier alpha value is -3.35. The average molecular weight is 368 g/mol. The number of rotatable bonds is 7. The van der Waals surface area contributed by atoms with Gasteiger partial charge in [0, 0.05) is 17.2 Å². The summed E-state index contributed by atoms with van der Waals surface area (Å²) in [5, 5.41) is 14.8. The molecule has 2 aromatic carbocycles. The molecule has 0 bridgehead atoms. The molecule has 3 N–H and O–H groups in total. The molecule has 140 valence electrons. The van der Waals surface area contributed by atoms with Crippen molar-refractivity contribution < 1.29 is 24.2 Å². The van der Waals surface area contributed by atoms with Crippen molar-refractivity contribution in [3.8, 4) is 5.75 Å². The van der Waals surface area contributed by atoms with Crippen molar-refractivity contribution in [2.45, 2.75) is 18.9 Å².